The molecule has 9 N–H and O–H groups in total. The molecule has 0 radical (unpaired) electrons. The van der Waals surface area contributed by atoms with Crippen LogP contribution in [0.15, 0.2) is 0 Å². The molecule has 6 atom stereocenters. The van der Waals surface area contributed by atoms with Gasteiger partial charge in [0.1, 0.15) is 18.1 Å². The zero-order chi connectivity index (χ0) is 23.6. The molecule has 0 saturated carbocycles. The van der Waals surface area contributed by atoms with Crippen LogP contribution in [0.4, 0.5) is 0 Å². The van der Waals surface area contributed by atoms with E-state index < -0.39 is 72.2 Å². The predicted molar refractivity (Wildman–Crippen MR) is 110 cm³/mol. The Kier molecular flexibility index (Phi) is 12.0. The van der Waals surface area contributed by atoms with Gasteiger partial charge in [-0.25, -0.2) is 4.79 Å². The quantitative estimate of drug-likeness (QED) is 0.136. The van der Waals surface area contributed by atoms with Gasteiger partial charge in [-0.15, -0.1) is 0 Å². The average molecular weight is 450 g/mol. The van der Waals surface area contributed by atoms with Gasteiger partial charge in [0.15, 0.2) is 0 Å². The number of amides is 4. The SMILES string of the molecule is CCC(C)C(NC(=O)C(NC(=O)C(CC(N)=O)NC(=O)C(N)CS)C(C)O)C(=O)O. The van der Waals surface area contributed by atoms with Crippen LogP contribution in [0.3, 0.4) is 0 Å². The molecule has 0 bridgehead atoms. The second-order valence-electron chi connectivity index (χ2n) is 6.96. The van der Waals surface area contributed by atoms with Gasteiger partial charge in [-0.1, -0.05) is 20.3 Å². The summed E-state index contributed by atoms with van der Waals surface area (Å²) in [7, 11) is 0. The molecule has 0 spiro atoms. The van der Waals surface area contributed by atoms with Crippen LogP contribution in [-0.4, -0.2) is 75.8 Å². The maximum Gasteiger partial charge on any atom is 0.326 e. The van der Waals surface area contributed by atoms with E-state index in [4.69, 9.17) is 11.5 Å². The molecule has 0 aliphatic rings. The number of primary amides is 1. The summed E-state index contributed by atoms with van der Waals surface area (Å²) in [5, 5.41) is 25.9. The van der Waals surface area contributed by atoms with Crippen molar-refractivity contribution in [2.75, 3.05) is 5.75 Å². The maximum atomic E-state index is 12.6. The van der Waals surface area contributed by atoms with Gasteiger partial charge in [-0.3, -0.25) is 19.2 Å². The molecule has 13 heteroatoms. The third-order valence-corrected chi connectivity index (χ3v) is 4.80. The Balaban J connectivity index is 5.45. The molecule has 6 unspecified atom stereocenters. The van der Waals surface area contributed by atoms with Crippen molar-refractivity contribution in [3.63, 3.8) is 0 Å². The van der Waals surface area contributed by atoms with Crippen molar-refractivity contribution in [1.29, 1.82) is 0 Å². The molecule has 4 amide bonds. The molecule has 0 aromatic heterocycles. The number of aliphatic hydroxyl groups is 1. The number of carbonyl (C=O) groups excluding carboxylic acids is 4. The molecule has 30 heavy (non-hydrogen) atoms. The second-order valence-corrected chi connectivity index (χ2v) is 7.32. The Hall–Kier alpha value is -2.38. The fourth-order valence-electron chi connectivity index (χ4n) is 2.36. The minimum atomic E-state index is -1.55. The Morgan fingerprint density at radius 2 is 1.50 bits per heavy atom. The molecule has 0 aromatic rings. The fraction of sp³-hybridized carbons (Fsp3) is 0.706. The van der Waals surface area contributed by atoms with E-state index in [1.165, 1.54) is 6.92 Å². The number of carboxylic acid groups (broad SMARTS) is 1. The number of nitrogens with two attached hydrogens (primary N) is 2. The van der Waals surface area contributed by atoms with E-state index >= 15 is 0 Å². The number of rotatable bonds is 13. The van der Waals surface area contributed by atoms with Gasteiger partial charge in [0.05, 0.1) is 18.6 Å². The summed E-state index contributed by atoms with van der Waals surface area (Å²) in [6.07, 6.45) is -1.54. The van der Waals surface area contributed by atoms with Crippen LogP contribution in [0, 0.1) is 5.92 Å². The van der Waals surface area contributed by atoms with Crippen molar-refractivity contribution in [3.05, 3.63) is 0 Å². The lowest BCUT2D eigenvalue weighted by atomic mass is 9.98. The zero-order valence-electron chi connectivity index (χ0n) is 17.1. The highest BCUT2D eigenvalue weighted by molar-refractivity contribution is 7.80. The van der Waals surface area contributed by atoms with Gasteiger partial charge in [-0.2, -0.15) is 12.6 Å². The largest absolute Gasteiger partial charge is 0.480 e. The molecule has 0 aliphatic heterocycles. The topological polar surface area (TPSA) is 214 Å². The molecule has 0 fully saturated rings. The summed E-state index contributed by atoms with van der Waals surface area (Å²) in [4.78, 5) is 59.7. The van der Waals surface area contributed by atoms with Gasteiger partial charge in [0.2, 0.25) is 23.6 Å². The minimum absolute atomic E-state index is 0.0262. The monoisotopic (exact) mass is 449 g/mol. The van der Waals surface area contributed by atoms with Crippen molar-refractivity contribution in [1.82, 2.24) is 16.0 Å². The van der Waals surface area contributed by atoms with Crippen LogP contribution in [0.25, 0.3) is 0 Å². The summed E-state index contributed by atoms with van der Waals surface area (Å²) in [5.41, 5.74) is 10.6. The third kappa shape index (κ3) is 8.97. The Morgan fingerprint density at radius 1 is 0.967 bits per heavy atom. The zero-order valence-corrected chi connectivity index (χ0v) is 18.0. The Labute approximate surface area is 179 Å². The number of nitrogens with one attached hydrogen (secondary N) is 3. The maximum absolute atomic E-state index is 12.6. The molecule has 172 valence electrons. The number of aliphatic hydroxyl groups excluding tert-OH is 1. The highest BCUT2D eigenvalue weighted by atomic mass is 32.1. The fourth-order valence-corrected chi connectivity index (χ4v) is 2.52. The smallest absolute Gasteiger partial charge is 0.326 e. The average Bonchev–Trinajstić information content (AvgIpc) is 2.66. The van der Waals surface area contributed by atoms with E-state index in [9.17, 15) is 34.2 Å². The van der Waals surface area contributed by atoms with E-state index in [2.05, 4.69) is 28.6 Å². The number of hydrogen-bond acceptors (Lipinski definition) is 8. The molecule has 0 aromatic carbocycles. The van der Waals surface area contributed by atoms with Gasteiger partial charge in [-0.05, 0) is 12.8 Å². The van der Waals surface area contributed by atoms with Gasteiger partial charge < -0.3 is 37.6 Å². The van der Waals surface area contributed by atoms with Crippen molar-refractivity contribution in [3.8, 4) is 0 Å². The van der Waals surface area contributed by atoms with E-state index in [0.29, 0.717) is 6.42 Å². The van der Waals surface area contributed by atoms with Crippen LogP contribution in [0.5, 0.6) is 0 Å². The molecule has 0 saturated heterocycles. The predicted octanol–water partition coefficient (Wildman–Crippen LogP) is -2.92. The number of aliphatic carboxylic acids is 1. The van der Waals surface area contributed by atoms with Crippen molar-refractivity contribution >= 4 is 42.2 Å². The van der Waals surface area contributed by atoms with Gasteiger partial charge in [0, 0.05) is 5.75 Å². The molecular formula is C17H31N5O7S. The Bertz CT molecular complexity index is 646. The van der Waals surface area contributed by atoms with Crippen molar-refractivity contribution in [2.45, 2.75) is 63.9 Å². The number of carbonyl (C=O) groups is 5. The summed E-state index contributed by atoms with van der Waals surface area (Å²) in [6, 6.07) is -5.30. The number of carboxylic acids is 1. The van der Waals surface area contributed by atoms with E-state index in [1.807, 2.05) is 0 Å². The molecule has 0 rings (SSSR count). The highest BCUT2D eigenvalue weighted by Gasteiger charge is 2.34. The summed E-state index contributed by atoms with van der Waals surface area (Å²) in [6.45, 7) is 4.58. The first-order valence-corrected chi connectivity index (χ1v) is 9.95. The summed E-state index contributed by atoms with van der Waals surface area (Å²) >= 11 is 3.87. The molecular weight excluding hydrogens is 418 g/mol. The lowest BCUT2D eigenvalue weighted by Crippen LogP contribution is -2.60. The van der Waals surface area contributed by atoms with E-state index in [-0.39, 0.29) is 5.75 Å². The van der Waals surface area contributed by atoms with Gasteiger partial charge >= 0.3 is 5.97 Å². The summed E-state index contributed by atoms with van der Waals surface area (Å²) in [5.74, 6) is -5.31. The second kappa shape index (κ2) is 13.0. The van der Waals surface area contributed by atoms with Crippen LogP contribution >= 0.6 is 12.6 Å². The highest BCUT2D eigenvalue weighted by Crippen LogP contribution is 2.09. The Morgan fingerprint density at radius 3 is 1.90 bits per heavy atom. The first-order valence-electron chi connectivity index (χ1n) is 9.32. The van der Waals surface area contributed by atoms with E-state index in [0.717, 1.165) is 0 Å². The lowest BCUT2D eigenvalue weighted by Gasteiger charge is -2.27. The number of thiol groups is 1. The standard InChI is InChI=1S/C17H31N5O7S/c1-4-7(2)12(17(28)29)21-16(27)13(8(3)23)22-15(26)10(5-11(19)24)20-14(25)9(18)6-30/h7-10,12-13,23,30H,4-6,18H2,1-3H3,(H2,19,24)(H,20,25)(H,21,27)(H,22,26)(H,28,29). The first kappa shape index (κ1) is 27.6. The van der Waals surface area contributed by atoms with Crippen molar-refractivity contribution < 1.29 is 34.2 Å². The molecule has 0 aliphatic carbocycles. The van der Waals surface area contributed by atoms with Crippen LogP contribution in [0.1, 0.15) is 33.6 Å². The lowest BCUT2D eigenvalue weighted by molar-refractivity contribution is -0.144. The van der Waals surface area contributed by atoms with Crippen LogP contribution in [0.2, 0.25) is 0 Å². The molecule has 0 heterocycles. The number of hydrogen-bond donors (Lipinski definition) is 8. The first-order chi connectivity index (χ1) is 13.8. The molecule has 12 nitrogen and oxygen atoms in total. The van der Waals surface area contributed by atoms with Gasteiger partial charge in [0.25, 0.3) is 0 Å². The normalized spacial score (nSPS) is 16.9. The third-order valence-electron chi connectivity index (χ3n) is 4.41. The van der Waals surface area contributed by atoms with Crippen LogP contribution < -0.4 is 27.4 Å². The van der Waals surface area contributed by atoms with Crippen LogP contribution in [-0.2, 0) is 24.0 Å². The van der Waals surface area contributed by atoms with E-state index in [1.54, 1.807) is 13.8 Å². The summed E-state index contributed by atoms with van der Waals surface area (Å²) < 4.78 is 0. The van der Waals surface area contributed by atoms with Crippen molar-refractivity contribution in [2.24, 2.45) is 17.4 Å². The minimum Gasteiger partial charge on any atom is -0.480 e.